The van der Waals surface area contributed by atoms with Crippen LogP contribution in [-0.2, 0) is 21.2 Å². The predicted molar refractivity (Wildman–Crippen MR) is 122 cm³/mol. The molecule has 0 atom stereocenters. The van der Waals surface area contributed by atoms with E-state index in [9.17, 15) is 13.2 Å². The zero-order valence-corrected chi connectivity index (χ0v) is 19.8. The third-order valence-electron chi connectivity index (χ3n) is 6.47. The minimum Gasteiger partial charge on any atom is -0.379 e. The smallest absolute Gasteiger partial charge is 0.251 e. The van der Waals surface area contributed by atoms with Crippen molar-refractivity contribution in [2.75, 3.05) is 46.4 Å². The average Bonchev–Trinajstić information content (AvgIpc) is 2.82. The van der Waals surface area contributed by atoms with Gasteiger partial charge in [-0.15, -0.1) is 0 Å². The van der Waals surface area contributed by atoms with E-state index in [2.05, 4.69) is 17.3 Å². The second-order valence-electron chi connectivity index (χ2n) is 8.57. The van der Waals surface area contributed by atoms with Crippen LogP contribution in [0.5, 0.6) is 0 Å². The Hall–Kier alpha value is -1.48. The van der Waals surface area contributed by atoms with E-state index in [-0.39, 0.29) is 10.8 Å². The number of nitrogens with one attached hydrogen (secondary N) is 1. The molecule has 1 aromatic rings. The molecule has 1 heterocycles. The summed E-state index contributed by atoms with van der Waals surface area (Å²) in [6, 6.07) is 5.69. The van der Waals surface area contributed by atoms with Gasteiger partial charge in [0.1, 0.15) is 0 Å². The van der Waals surface area contributed by atoms with E-state index < -0.39 is 10.0 Å². The molecule has 0 bridgehead atoms. The van der Waals surface area contributed by atoms with Gasteiger partial charge in [-0.05, 0) is 57.0 Å². The summed E-state index contributed by atoms with van der Waals surface area (Å²) >= 11 is 0. The van der Waals surface area contributed by atoms with Crippen LogP contribution in [0, 0.1) is 0 Å². The van der Waals surface area contributed by atoms with Crippen LogP contribution in [0.1, 0.15) is 61.4 Å². The number of rotatable bonds is 9. The van der Waals surface area contributed by atoms with Gasteiger partial charge in [0.15, 0.2) is 0 Å². The van der Waals surface area contributed by atoms with Crippen molar-refractivity contribution in [1.29, 1.82) is 0 Å². The minimum atomic E-state index is -3.64. The summed E-state index contributed by atoms with van der Waals surface area (Å²) in [5, 5.41) is 2.96. The zero-order chi connectivity index (χ0) is 22.3. The standard InChI is InChI=1S/C23H37N3O4S/c1-3-19-10-11-20(18-22(19)31(28,29)26-14-16-30-17-15-26)23(27)24-12-7-13-25(2)21-8-5-4-6-9-21/h10-11,18,21H,3-9,12-17H2,1-2H3,(H,24,27). The van der Waals surface area contributed by atoms with Crippen molar-refractivity contribution in [2.24, 2.45) is 0 Å². The third kappa shape index (κ3) is 6.28. The van der Waals surface area contributed by atoms with Crippen LogP contribution >= 0.6 is 0 Å². The summed E-state index contributed by atoms with van der Waals surface area (Å²) in [5.74, 6) is -0.221. The summed E-state index contributed by atoms with van der Waals surface area (Å²) in [6.45, 7) is 4.95. The predicted octanol–water partition coefficient (Wildman–Crippen LogP) is 2.65. The fourth-order valence-corrected chi connectivity index (χ4v) is 6.22. The van der Waals surface area contributed by atoms with Gasteiger partial charge in [0.05, 0.1) is 18.1 Å². The molecule has 3 rings (SSSR count). The highest BCUT2D eigenvalue weighted by Crippen LogP contribution is 2.24. The van der Waals surface area contributed by atoms with Crippen molar-refractivity contribution < 1.29 is 17.9 Å². The van der Waals surface area contributed by atoms with Gasteiger partial charge >= 0.3 is 0 Å². The number of sulfonamides is 1. The topological polar surface area (TPSA) is 79.0 Å². The molecule has 174 valence electrons. The lowest BCUT2D eigenvalue weighted by atomic mass is 9.94. The van der Waals surface area contributed by atoms with E-state index in [0.717, 1.165) is 18.5 Å². The van der Waals surface area contributed by atoms with Crippen LogP contribution in [0.3, 0.4) is 0 Å². The maximum Gasteiger partial charge on any atom is 0.251 e. The van der Waals surface area contributed by atoms with Gasteiger partial charge < -0.3 is 15.0 Å². The molecule has 1 amide bonds. The Labute approximate surface area is 187 Å². The number of hydrogen-bond donors (Lipinski definition) is 1. The largest absolute Gasteiger partial charge is 0.379 e. The van der Waals surface area contributed by atoms with Crippen molar-refractivity contribution in [3.05, 3.63) is 29.3 Å². The molecule has 1 aliphatic carbocycles. The molecule has 1 aromatic carbocycles. The Balaban J connectivity index is 1.59. The van der Waals surface area contributed by atoms with Crippen LogP contribution in [-0.4, -0.2) is 76.0 Å². The van der Waals surface area contributed by atoms with Gasteiger partial charge in [-0.3, -0.25) is 4.79 Å². The van der Waals surface area contributed by atoms with E-state index >= 15 is 0 Å². The van der Waals surface area contributed by atoms with Crippen LogP contribution in [0.2, 0.25) is 0 Å². The number of ether oxygens (including phenoxy) is 1. The summed E-state index contributed by atoms with van der Waals surface area (Å²) in [5.41, 5.74) is 1.13. The zero-order valence-electron chi connectivity index (χ0n) is 18.9. The molecule has 1 aliphatic heterocycles. The number of morpholine rings is 1. The Kier molecular flexibility index (Phi) is 8.89. The summed E-state index contributed by atoms with van der Waals surface area (Å²) in [6.07, 6.45) is 7.99. The lowest BCUT2D eigenvalue weighted by Gasteiger charge is -2.31. The molecule has 31 heavy (non-hydrogen) atoms. The first-order chi connectivity index (χ1) is 14.9. The first-order valence-corrected chi connectivity index (χ1v) is 13.1. The highest BCUT2D eigenvalue weighted by atomic mass is 32.2. The Bertz CT molecular complexity index is 831. The highest BCUT2D eigenvalue weighted by molar-refractivity contribution is 7.89. The first-order valence-electron chi connectivity index (χ1n) is 11.6. The second kappa shape index (κ2) is 11.4. The number of amides is 1. The fourth-order valence-electron chi connectivity index (χ4n) is 4.49. The van der Waals surface area contributed by atoms with Crippen LogP contribution in [0.15, 0.2) is 23.1 Å². The Morgan fingerprint density at radius 2 is 1.90 bits per heavy atom. The van der Waals surface area contributed by atoms with Gasteiger partial charge in [0, 0.05) is 31.2 Å². The van der Waals surface area contributed by atoms with Crippen molar-refractivity contribution >= 4 is 15.9 Å². The summed E-state index contributed by atoms with van der Waals surface area (Å²) < 4.78 is 33.1. The number of hydrogen-bond acceptors (Lipinski definition) is 5. The molecule has 2 aliphatic rings. The molecule has 0 aromatic heterocycles. The normalized spacial score (nSPS) is 18.9. The monoisotopic (exact) mass is 451 g/mol. The van der Waals surface area contributed by atoms with Gasteiger partial charge in [0.25, 0.3) is 5.91 Å². The molecule has 7 nitrogen and oxygen atoms in total. The maximum absolute atomic E-state index is 13.2. The number of carbonyl (C=O) groups excluding carboxylic acids is 1. The lowest BCUT2D eigenvalue weighted by molar-refractivity contribution is 0.0730. The van der Waals surface area contributed by atoms with Gasteiger partial charge in [0.2, 0.25) is 10.0 Å². The molecule has 1 saturated carbocycles. The van der Waals surface area contributed by atoms with Gasteiger partial charge in [-0.1, -0.05) is 32.3 Å². The number of nitrogens with zero attached hydrogens (tertiary/aromatic N) is 2. The van der Waals surface area contributed by atoms with Gasteiger partial charge in [-0.2, -0.15) is 4.31 Å². The Morgan fingerprint density at radius 3 is 2.58 bits per heavy atom. The Morgan fingerprint density at radius 1 is 1.19 bits per heavy atom. The van der Waals surface area contributed by atoms with E-state index in [0.29, 0.717) is 50.9 Å². The number of aryl methyl sites for hydroxylation is 1. The molecular formula is C23H37N3O4S. The molecule has 0 unspecified atom stereocenters. The highest BCUT2D eigenvalue weighted by Gasteiger charge is 2.29. The summed E-state index contributed by atoms with van der Waals surface area (Å²) in [4.78, 5) is 15.3. The maximum atomic E-state index is 13.2. The van der Waals surface area contributed by atoms with Crippen LogP contribution < -0.4 is 5.32 Å². The second-order valence-corrected chi connectivity index (χ2v) is 10.5. The SMILES string of the molecule is CCc1ccc(C(=O)NCCCN(C)C2CCCCC2)cc1S(=O)(=O)N1CCOCC1. The molecule has 1 saturated heterocycles. The van der Waals surface area contributed by atoms with Crippen molar-refractivity contribution in [3.63, 3.8) is 0 Å². The molecule has 0 spiro atoms. The van der Waals surface area contributed by atoms with E-state index in [1.54, 1.807) is 12.1 Å². The van der Waals surface area contributed by atoms with E-state index in [1.807, 2.05) is 6.92 Å². The van der Waals surface area contributed by atoms with Crippen molar-refractivity contribution in [1.82, 2.24) is 14.5 Å². The van der Waals surface area contributed by atoms with Crippen LogP contribution in [0.4, 0.5) is 0 Å². The van der Waals surface area contributed by atoms with E-state index in [1.165, 1.54) is 42.5 Å². The van der Waals surface area contributed by atoms with E-state index in [4.69, 9.17) is 4.74 Å². The van der Waals surface area contributed by atoms with Crippen LogP contribution in [0.25, 0.3) is 0 Å². The number of benzene rings is 1. The molecular weight excluding hydrogens is 414 g/mol. The molecule has 1 N–H and O–H groups in total. The van der Waals surface area contributed by atoms with Crippen molar-refractivity contribution in [2.45, 2.75) is 62.8 Å². The summed E-state index contributed by atoms with van der Waals surface area (Å²) in [7, 11) is -1.47. The molecule has 0 radical (unpaired) electrons. The molecule has 8 heteroatoms. The third-order valence-corrected chi connectivity index (χ3v) is 8.45. The van der Waals surface area contributed by atoms with Crippen molar-refractivity contribution in [3.8, 4) is 0 Å². The minimum absolute atomic E-state index is 0.221. The number of carbonyl (C=O) groups is 1. The molecule has 2 fully saturated rings. The first kappa shape index (κ1) is 24.2. The van der Waals surface area contributed by atoms with Gasteiger partial charge in [-0.25, -0.2) is 8.42 Å². The average molecular weight is 452 g/mol. The lowest BCUT2D eigenvalue weighted by Crippen LogP contribution is -2.41. The quantitative estimate of drug-likeness (QED) is 0.584. The fraction of sp³-hybridized carbons (Fsp3) is 0.696.